The van der Waals surface area contributed by atoms with E-state index in [2.05, 4.69) is 39.9 Å². The highest BCUT2D eigenvalue weighted by atomic mass is 32.2. The van der Waals surface area contributed by atoms with E-state index in [1.807, 2.05) is 18.7 Å². The van der Waals surface area contributed by atoms with Crippen molar-refractivity contribution < 1.29 is 5.11 Å². The summed E-state index contributed by atoms with van der Waals surface area (Å²) in [5.74, 6) is 0.820. The molecule has 0 aromatic carbocycles. The first-order chi connectivity index (χ1) is 9.81. The average molecular weight is 316 g/mol. The molecule has 2 N–H and O–H groups in total. The maximum atomic E-state index is 9.84. The van der Waals surface area contributed by atoms with E-state index in [1.165, 1.54) is 32.1 Å². The van der Waals surface area contributed by atoms with Crippen molar-refractivity contribution in [2.24, 2.45) is 11.3 Å². The van der Waals surface area contributed by atoms with Gasteiger partial charge in [-0.1, -0.05) is 41.0 Å². The van der Waals surface area contributed by atoms with Crippen LogP contribution in [0.2, 0.25) is 0 Å². The van der Waals surface area contributed by atoms with Crippen LogP contribution in [0.1, 0.15) is 73.6 Å². The number of rotatable bonds is 8. The lowest BCUT2D eigenvalue weighted by molar-refractivity contribution is 0.140. The van der Waals surface area contributed by atoms with E-state index in [4.69, 9.17) is 0 Å². The molecule has 1 fully saturated rings. The van der Waals surface area contributed by atoms with Gasteiger partial charge in [-0.25, -0.2) is 0 Å². The van der Waals surface area contributed by atoms with Gasteiger partial charge >= 0.3 is 0 Å². The largest absolute Gasteiger partial charge is 0.392 e. The smallest absolute Gasteiger partial charge is 0.0628 e. The Labute approximate surface area is 136 Å². The predicted molar refractivity (Wildman–Crippen MR) is 96.0 cm³/mol. The minimum atomic E-state index is -0.221. The van der Waals surface area contributed by atoms with Gasteiger partial charge in [0.15, 0.2) is 0 Å². The molecule has 1 rings (SSSR count). The second kappa shape index (κ2) is 8.79. The fraction of sp³-hybridized carbons (Fsp3) is 1.00. The van der Waals surface area contributed by atoms with Crippen molar-refractivity contribution in [2.75, 3.05) is 6.54 Å². The summed E-state index contributed by atoms with van der Waals surface area (Å²) in [6, 6.07) is 0.625. The van der Waals surface area contributed by atoms with Gasteiger partial charge in [0.2, 0.25) is 0 Å². The lowest BCUT2D eigenvalue weighted by Crippen LogP contribution is -2.46. The van der Waals surface area contributed by atoms with Gasteiger partial charge in [-0.3, -0.25) is 0 Å². The van der Waals surface area contributed by atoms with Crippen LogP contribution in [0.3, 0.4) is 0 Å². The van der Waals surface area contributed by atoms with Crippen molar-refractivity contribution in [3.63, 3.8) is 0 Å². The third-order valence-corrected chi connectivity index (χ3v) is 7.23. The van der Waals surface area contributed by atoms with Gasteiger partial charge in [-0.05, 0) is 50.5 Å². The molecule has 0 radical (unpaired) electrons. The van der Waals surface area contributed by atoms with Gasteiger partial charge in [-0.15, -0.1) is 0 Å². The van der Waals surface area contributed by atoms with Crippen LogP contribution in [0.25, 0.3) is 0 Å². The number of hydrogen-bond donors (Lipinski definition) is 2. The minimum Gasteiger partial charge on any atom is -0.392 e. The first kappa shape index (κ1) is 19.3. The SMILES string of the molecule is CCCNC1CCC(C(C)(C)CC)CC1SC(C)C(C)O. The van der Waals surface area contributed by atoms with Crippen LogP contribution in [0, 0.1) is 11.3 Å². The fourth-order valence-electron chi connectivity index (χ4n) is 3.23. The van der Waals surface area contributed by atoms with E-state index in [-0.39, 0.29) is 6.10 Å². The second-order valence-corrected chi connectivity index (χ2v) is 9.15. The Hall–Kier alpha value is 0.270. The molecule has 21 heavy (non-hydrogen) atoms. The maximum absolute atomic E-state index is 9.84. The number of aliphatic hydroxyl groups excluding tert-OH is 1. The summed E-state index contributed by atoms with van der Waals surface area (Å²) in [7, 11) is 0. The molecule has 126 valence electrons. The van der Waals surface area contributed by atoms with Gasteiger partial charge in [-0.2, -0.15) is 11.8 Å². The Morgan fingerprint density at radius 1 is 1.24 bits per heavy atom. The van der Waals surface area contributed by atoms with Crippen molar-refractivity contribution in [3.05, 3.63) is 0 Å². The minimum absolute atomic E-state index is 0.221. The highest BCUT2D eigenvalue weighted by Gasteiger charge is 2.38. The van der Waals surface area contributed by atoms with Crippen molar-refractivity contribution >= 4 is 11.8 Å². The van der Waals surface area contributed by atoms with Crippen LogP contribution < -0.4 is 5.32 Å². The van der Waals surface area contributed by atoms with Gasteiger partial charge in [0.05, 0.1) is 6.10 Å². The zero-order valence-electron chi connectivity index (χ0n) is 15.0. The Morgan fingerprint density at radius 3 is 2.43 bits per heavy atom. The van der Waals surface area contributed by atoms with Gasteiger partial charge in [0, 0.05) is 16.5 Å². The topological polar surface area (TPSA) is 32.3 Å². The molecule has 3 heteroatoms. The predicted octanol–water partition coefficient (Wildman–Crippen LogP) is 4.46. The van der Waals surface area contributed by atoms with E-state index in [1.54, 1.807) is 0 Å². The summed E-state index contributed by atoms with van der Waals surface area (Å²) in [6.07, 6.45) is 6.17. The van der Waals surface area contributed by atoms with Crippen LogP contribution >= 0.6 is 11.8 Å². The number of thioether (sulfide) groups is 1. The molecular formula is C18H37NOS. The van der Waals surface area contributed by atoms with E-state index >= 15 is 0 Å². The number of nitrogens with one attached hydrogen (secondary N) is 1. The molecule has 0 amide bonds. The highest BCUT2D eigenvalue weighted by molar-refractivity contribution is 8.00. The van der Waals surface area contributed by atoms with Crippen LogP contribution in [0.15, 0.2) is 0 Å². The van der Waals surface area contributed by atoms with E-state index in [9.17, 15) is 5.11 Å². The molecule has 1 saturated carbocycles. The summed E-state index contributed by atoms with van der Waals surface area (Å²) in [5, 5.41) is 14.6. The van der Waals surface area contributed by atoms with Crippen molar-refractivity contribution in [1.82, 2.24) is 5.32 Å². The molecule has 0 saturated heterocycles. The van der Waals surface area contributed by atoms with Crippen molar-refractivity contribution in [1.29, 1.82) is 0 Å². The monoisotopic (exact) mass is 315 g/mol. The van der Waals surface area contributed by atoms with E-state index in [0.717, 1.165) is 12.5 Å². The second-order valence-electron chi connectivity index (χ2n) is 7.53. The molecular weight excluding hydrogens is 278 g/mol. The van der Waals surface area contributed by atoms with Crippen LogP contribution in [-0.4, -0.2) is 34.3 Å². The molecule has 0 heterocycles. The molecule has 2 nitrogen and oxygen atoms in total. The molecule has 5 atom stereocenters. The van der Waals surface area contributed by atoms with E-state index in [0.29, 0.717) is 22.0 Å². The van der Waals surface area contributed by atoms with Gasteiger partial charge in [0.25, 0.3) is 0 Å². The third-order valence-electron chi connectivity index (χ3n) is 5.53. The van der Waals surface area contributed by atoms with Gasteiger partial charge in [0.1, 0.15) is 0 Å². The van der Waals surface area contributed by atoms with Crippen molar-refractivity contribution in [2.45, 2.75) is 96.3 Å². The Kier molecular flexibility index (Phi) is 8.08. The molecule has 0 aromatic heterocycles. The summed E-state index contributed by atoms with van der Waals surface area (Å²) in [6.45, 7) is 14.6. The first-order valence-electron chi connectivity index (χ1n) is 8.88. The molecule has 0 bridgehead atoms. The van der Waals surface area contributed by atoms with E-state index < -0.39 is 0 Å². The molecule has 1 aliphatic rings. The Balaban J connectivity index is 2.71. The average Bonchev–Trinajstić information content (AvgIpc) is 2.45. The summed E-state index contributed by atoms with van der Waals surface area (Å²) < 4.78 is 0. The molecule has 1 aliphatic carbocycles. The van der Waals surface area contributed by atoms with Crippen LogP contribution in [0.5, 0.6) is 0 Å². The first-order valence-corrected chi connectivity index (χ1v) is 9.83. The number of hydrogen-bond acceptors (Lipinski definition) is 3. The Bertz CT molecular complexity index is 293. The quantitative estimate of drug-likeness (QED) is 0.693. The number of aliphatic hydroxyl groups is 1. The van der Waals surface area contributed by atoms with Crippen molar-refractivity contribution in [3.8, 4) is 0 Å². The molecule has 0 aromatic rings. The zero-order valence-corrected chi connectivity index (χ0v) is 15.8. The third kappa shape index (κ3) is 5.76. The molecule has 0 spiro atoms. The summed E-state index contributed by atoms with van der Waals surface area (Å²) >= 11 is 2.01. The molecule has 5 unspecified atom stereocenters. The summed E-state index contributed by atoms with van der Waals surface area (Å²) in [5.41, 5.74) is 0.447. The van der Waals surface area contributed by atoms with Gasteiger partial charge < -0.3 is 10.4 Å². The Morgan fingerprint density at radius 2 is 1.90 bits per heavy atom. The molecule has 0 aliphatic heterocycles. The van der Waals surface area contributed by atoms with Crippen LogP contribution in [-0.2, 0) is 0 Å². The summed E-state index contributed by atoms with van der Waals surface area (Å²) in [4.78, 5) is 0. The normalized spacial score (nSPS) is 30.1. The standard InChI is InChI=1S/C18H37NOS/c1-7-11-19-16-10-9-15(18(5,6)8-2)12-17(16)21-14(4)13(3)20/h13-17,19-20H,7-12H2,1-6H3. The fourth-order valence-corrected chi connectivity index (χ4v) is 4.77. The lowest BCUT2D eigenvalue weighted by Gasteiger charge is -2.44. The van der Waals surface area contributed by atoms with Crippen LogP contribution in [0.4, 0.5) is 0 Å². The maximum Gasteiger partial charge on any atom is 0.0628 e. The zero-order chi connectivity index (χ0) is 16.0. The highest BCUT2D eigenvalue weighted by Crippen LogP contribution is 2.44. The lowest BCUT2D eigenvalue weighted by atomic mass is 9.68.